The maximum absolute atomic E-state index is 12.4. The highest BCUT2D eigenvalue weighted by Gasteiger charge is 2.23. The van der Waals surface area contributed by atoms with Gasteiger partial charge in [-0.1, -0.05) is 19.1 Å². The van der Waals surface area contributed by atoms with Crippen molar-refractivity contribution < 1.29 is 9.53 Å². The summed E-state index contributed by atoms with van der Waals surface area (Å²) in [4.78, 5) is 12.4. The van der Waals surface area contributed by atoms with Crippen LogP contribution in [0, 0.1) is 5.92 Å². The zero-order valence-electron chi connectivity index (χ0n) is 14.6. The Balaban J connectivity index is 0.00000225. The molecule has 1 aliphatic rings. The Kier molecular flexibility index (Phi) is 6.84. The first-order chi connectivity index (χ1) is 11.7. The average molecular weight is 365 g/mol. The first kappa shape index (κ1) is 19.3. The molecule has 0 bridgehead atoms. The number of ether oxygens (including phenoxy) is 1. The quantitative estimate of drug-likeness (QED) is 0.852. The van der Waals surface area contributed by atoms with Crippen LogP contribution in [0.15, 0.2) is 36.7 Å². The van der Waals surface area contributed by atoms with E-state index in [0.29, 0.717) is 18.0 Å². The summed E-state index contributed by atoms with van der Waals surface area (Å²) >= 11 is 0. The van der Waals surface area contributed by atoms with Gasteiger partial charge in [-0.15, -0.1) is 12.4 Å². The second-order valence-corrected chi connectivity index (χ2v) is 6.32. The summed E-state index contributed by atoms with van der Waals surface area (Å²) in [6, 6.07) is 8.06. The smallest absolute Gasteiger partial charge is 0.254 e. The first-order valence-electron chi connectivity index (χ1n) is 8.32. The molecule has 0 radical (unpaired) electrons. The Hall–Kier alpha value is -2.05. The molecule has 1 saturated heterocycles. The summed E-state index contributed by atoms with van der Waals surface area (Å²) in [5, 5.41) is 10.8. The van der Waals surface area contributed by atoms with Gasteiger partial charge in [0.1, 0.15) is 5.75 Å². The van der Waals surface area contributed by atoms with E-state index in [1.54, 1.807) is 24.2 Å². The van der Waals surface area contributed by atoms with E-state index in [0.717, 1.165) is 30.8 Å². The van der Waals surface area contributed by atoms with E-state index in [-0.39, 0.29) is 24.4 Å². The number of halogens is 1. The average Bonchev–Trinajstić information content (AvgIpc) is 3.06. The van der Waals surface area contributed by atoms with Crippen molar-refractivity contribution in [1.29, 1.82) is 0 Å². The largest absolute Gasteiger partial charge is 0.497 e. The van der Waals surface area contributed by atoms with Gasteiger partial charge < -0.3 is 15.4 Å². The molecule has 1 aliphatic heterocycles. The minimum absolute atomic E-state index is 0. The molecule has 2 atom stereocenters. The number of hydrogen-bond acceptors (Lipinski definition) is 4. The van der Waals surface area contributed by atoms with E-state index < -0.39 is 0 Å². The van der Waals surface area contributed by atoms with E-state index in [9.17, 15) is 4.79 Å². The molecule has 1 fully saturated rings. The van der Waals surface area contributed by atoms with Gasteiger partial charge in [0.25, 0.3) is 5.91 Å². The Morgan fingerprint density at radius 3 is 2.84 bits per heavy atom. The number of hydrogen-bond donors (Lipinski definition) is 2. The summed E-state index contributed by atoms with van der Waals surface area (Å²) in [6.07, 6.45) is 4.39. The number of amides is 1. The lowest BCUT2D eigenvalue weighted by molar-refractivity contribution is 0.0914. The topological polar surface area (TPSA) is 68.2 Å². The van der Waals surface area contributed by atoms with Crippen LogP contribution < -0.4 is 15.4 Å². The zero-order chi connectivity index (χ0) is 16.9. The maximum Gasteiger partial charge on any atom is 0.254 e. The van der Waals surface area contributed by atoms with Crippen molar-refractivity contribution in [2.24, 2.45) is 5.92 Å². The van der Waals surface area contributed by atoms with Gasteiger partial charge in [0.15, 0.2) is 0 Å². The molecular weight excluding hydrogens is 340 g/mol. The van der Waals surface area contributed by atoms with Gasteiger partial charge >= 0.3 is 0 Å². The molecule has 136 valence electrons. The molecule has 2 unspecified atom stereocenters. The minimum Gasteiger partial charge on any atom is -0.497 e. The van der Waals surface area contributed by atoms with Crippen LogP contribution in [0.2, 0.25) is 0 Å². The number of nitrogens with zero attached hydrogens (tertiary/aromatic N) is 2. The van der Waals surface area contributed by atoms with Gasteiger partial charge in [-0.3, -0.25) is 9.48 Å². The summed E-state index contributed by atoms with van der Waals surface area (Å²) in [6.45, 7) is 4.68. The van der Waals surface area contributed by atoms with Crippen molar-refractivity contribution >= 4 is 18.3 Å². The SMILES string of the molecule is COc1ccc(Cn2cc(C(=O)NC3CCNCC3C)cn2)cc1.Cl. The van der Waals surface area contributed by atoms with Gasteiger partial charge in [0, 0.05) is 12.2 Å². The van der Waals surface area contributed by atoms with Gasteiger partial charge in [0.2, 0.25) is 0 Å². The fourth-order valence-corrected chi connectivity index (χ4v) is 2.97. The molecule has 7 heteroatoms. The molecule has 3 rings (SSSR count). The third-order valence-electron chi connectivity index (χ3n) is 4.50. The van der Waals surface area contributed by atoms with Gasteiger partial charge in [-0.05, 0) is 43.1 Å². The zero-order valence-corrected chi connectivity index (χ0v) is 15.4. The molecule has 25 heavy (non-hydrogen) atoms. The second kappa shape index (κ2) is 8.87. The predicted molar refractivity (Wildman–Crippen MR) is 99.5 cm³/mol. The highest BCUT2D eigenvalue weighted by molar-refractivity contribution is 5.93. The molecule has 2 N–H and O–H groups in total. The van der Waals surface area contributed by atoms with Crippen LogP contribution in [-0.4, -0.2) is 41.9 Å². The van der Waals surface area contributed by atoms with Crippen LogP contribution in [0.5, 0.6) is 5.75 Å². The standard InChI is InChI=1S/C18H24N4O2.ClH/c1-13-9-19-8-7-17(13)21-18(23)15-10-20-22(12-15)11-14-3-5-16(24-2)6-4-14;/h3-6,10,12-13,17,19H,7-9,11H2,1-2H3,(H,21,23);1H. The third kappa shape index (κ3) is 4.96. The number of piperidine rings is 1. The number of carbonyl (C=O) groups excluding carboxylic acids is 1. The summed E-state index contributed by atoms with van der Waals surface area (Å²) in [5.74, 6) is 1.22. The van der Waals surface area contributed by atoms with Crippen LogP contribution in [0.3, 0.4) is 0 Å². The van der Waals surface area contributed by atoms with Crippen LogP contribution >= 0.6 is 12.4 Å². The fraction of sp³-hybridized carbons (Fsp3) is 0.444. The normalized spacial score (nSPS) is 19.8. The summed E-state index contributed by atoms with van der Waals surface area (Å²) in [7, 11) is 1.65. The Labute approximate surface area is 154 Å². The van der Waals surface area contributed by atoms with Crippen molar-refractivity contribution in [3.63, 3.8) is 0 Å². The molecule has 0 spiro atoms. The molecule has 2 heterocycles. The van der Waals surface area contributed by atoms with Crippen LogP contribution in [-0.2, 0) is 6.54 Å². The van der Waals surface area contributed by atoms with Crippen molar-refractivity contribution in [3.8, 4) is 5.75 Å². The number of methoxy groups -OCH3 is 1. The lowest BCUT2D eigenvalue weighted by atomic mass is 9.95. The van der Waals surface area contributed by atoms with Crippen molar-refractivity contribution in [3.05, 3.63) is 47.8 Å². The van der Waals surface area contributed by atoms with E-state index in [4.69, 9.17) is 4.74 Å². The molecule has 1 aromatic carbocycles. The van der Waals surface area contributed by atoms with Crippen LogP contribution in [0.4, 0.5) is 0 Å². The molecule has 2 aromatic rings. The third-order valence-corrected chi connectivity index (χ3v) is 4.50. The maximum atomic E-state index is 12.4. The highest BCUT2D eigenvalue weighted by Crippen LogP contribution is 2.13. The van der Waals surface area contributed by atoms with Crippen molar-refractivity contribution in [2.45, 2.75) is 25.9 Å². The number of aromatic nitrogens is 2. The molecule has 0 aliphatic carbocycles. The number of rotatable bonds is 5. The molecule has 1 aromatic heterocycles. The fourth-order valence-electron chi connectivity index (χ4n) is 2.97. The van der Waals surface area contributed by atoms with E-state index in [2.05, 4.69) is 22.7 Å². The lowest BCUT2D eigenvalue weighted by Gasteiger charge is -2.30. The van der Waals surface area contributed by atoms with Crippen LogP contribution in [0.1, 0.15) is 29.3 Å². The summed E-state index contributed by atoms with van der Waals surface area (Å²) < 4.78 is 6.94. The minimum atomic E-state index is -0.0465. The van der Waals surface area contributed by atoms with E-state index >= 15 is 0 Å². The predicted octanol–water partition coefficient (Wildman–Crippen LogP) is 2.09. The Bertz CT molecular complexity index is 687. The number of nitrogens with one attached hydrogen (secondary N) is 2. The second-order valence-electron chi connectivity index (χ2n) is 6.32. The Morgan fingerprint density at radius 1 is 1.40 bits per heavy atom. The lowest BCUT2D eigenvalue weighted by Crippen LogP contribution is -2.48. The molecule has 6 nitrogen and oxygen atoms in total. The van der Waals surface area contributed by atoms with E-state index in [1.807, 2.05) is 24.3 Å². The first-order valence-corrected chi connectivity index (χ1v) is 8.32. The van der Waals surface area contributed by atoms with Crippen molar-refractivity contribution in [2.75, 3.05) is 20.2 Å². The van der Waals surface area contributed by atoms with Gasteiger partial charge in [0.05, 0.1) is 25.4 Å². The highest BCUT2D eigenvalue weighted by atomic mass is 35.5. The number of carbonyl (C=O) groups is 1. The number of benzene rings is 1. The van der Waals surface area contributed by atoms with Gasteiger partial charge in [-0.25, -0.2) is 0 Å². The Morgan fingerprint density at radius 2 is 2.16 bits per heavy atom. The summed E-state index contributed by atoms with van der Waals surface area (Å²) in [5.41, 5.74) is 1.71. The molecular formula is C18H25ClN4O2. The molecule has 0 saturated carbocycles. The monoisotopic (exact) mass is 364 g/mol. The van der Waals surface area contributed by atoms with E-state index in [1.165, 1.54) is 0 Å². The van der Waals surface area contributed by atoms with Gasteiger partial charge in [-0.2, -0.15) is 5.10 Å². The molecule has 1 amide bonds. The van der Waals surface area contributed by atoms with Crippen molar-refractivity contribution in [1.82, 2.24) is 20.4 Å². The van der Waals surface area contributed by atoms with Crippen LogP contribution in [0.25, 0.3) is 0 Å².